The van der Waals surface area contributed by atoms with Gasteiger partial charge in [-0.15, -0.1) is 11.8 Å². The van der Waals surface area contributed by atoms with Gasteiger partial charge >= 0.3 is 5.97 Å². The van der Waals surface area contributed by atoms with Crippen molar-refractivity contribution in [2.45, 2.75) is 61.0 Å². The summed E-state index contributed by atoms with van der Waals surface area (Å²) in [5.41, 5.74) is 0.609. The molecule has 5 atom stereocenters. The van der Waals surface area contributed by atoms with Crippen molar-refractivity contribution in [3.05, 3.63) is 35.9 Å². The van der Waals surface area contributed by atoms with Crippen LogP contribution in [-0.4, -0.2) is 68.5 Å². The van der Waals surface area contributed by atoms with E-state index >= 15 is 0 Å². The predicted molar refractivity (Wildman–Crippen MR) is 114 cm³/mol. The van der Waals surface area contributed by atoms with Gasteiger partial charge in [-0.3, -0.25) is 14.4 Å². The van der Waals surface area contributed by atoms with Crippen molar-refractivity contribution in [3.8, 4) is 0 Å². The van der Waals surface area contributed by atoms with Crippen molar-refractivity contribution in [1.82, 2.24) is 20.9 Å². The zero-order chi connectivity index (χ0) is 22.3. The van der Waals surface area contributed by atoms with Crippen LogP contribution in [0.5, 0.6) is 0 Å². The number of amides is 3. The highest BCUT2D eigenvalue weighted by atomic mass is 32.2. The van der Waals surface area contributed by atoms with Crippen molar-refractivity contribution in [1.29, 1.82) is 0 Å². The maximum atomic E-state index is 13.2. The normalized spacial score (nSPS) is 29.6. The highest BCUT2D eigenvalue weighted by Gasteiger charge is 2.64. The molecule has 10 heteroatoms. The van der Waals surface area contributed by atoms with Crippen LogP contribution in [0.4, 0.5) is 0 Å². The maximum Gasteiger partial charge on any atom is 0.327 e. The average Bonchev–Trinajstić information content (AvgIpc) is 3.35. The standard InChI is InChI=1S/C21H26N4O5S/c1-21(2)15(20(29)30)25-18(28)14(19(25)31-21)24-17(27)13(11-7-4-3-5-8-11)23-16(26)12-9-6-10-22-12/h3-5,7-8,12-15,19,22H,6,9-10H2,1-2H3,(H,23,26)(H,24,27)(H,29,30)/t12-,13?,14+,15-,19+/m0/s1. The second-order valence-electron chi connectivity index (χ2n) is 8.59. The van der Waals surface area contributed by atoms with Gasteiger partial charge in [0, 0.05) is 4.75 Å². The molecule has 31 heavy (non-hydrogen) atoms. The minimum atomic E-state index is -1.06. The molecule has 0 aliphatic carbocycles. The zero-order valence-electron chi connectivity index (χ0n) is 17.3. The third-order valence-corrected chi connectivity index (χ3v) is 7.60. The Balaban J connectivity index is 1.50. The Kier molecular flexibility index (Phi) is 5.69. The summed E-state index contributed by atoms with van der Waals surface area (Å²) in [6, 6.07) is 5.79. The summed E-state index contributed by atoms with van der Waals surface area (Å²) < 4.78 is -0.674. The summed E-state index contributed by atoms with van der Waals surface area (Å²) >= 11 is 1.36. The lowest BCUT2D eigenvalue weighted by atomic mass is 9.95. The minimum absolute atomic E-state index is 0.259. The SMILES string of the molecule is CC1(C)S[C@@H]2[C@H](NC(=O)C(NC(=O)[C@@H]3CCCN3)c3ccccc3)C(=O)N2[C@H]1C(=O)O. The molecule has 0 radical (unpaired) electrons. The number of nitrogens with one attached hydrogen (secondary N) is 3. The van der Waals surface area contributed by atoms with Crippen LogP contribution in [0.15, 0.2) is 30.3 Å². The van der Waals surface area contributed by atoms with E-state index in [1.54, 1.807) is 38.1 Å². The van der Waals surface area contributed by atoms with Crippen LogP contribution < -0.4 is 16.0 Å². The number of aliphatic carboxylic acids is 1. The van der Waals surface area contributed by atoms with Gasteiger partial charge in [0.05, 0.1) is 6.04 Å². The second kappa shape index (κ2) is 8.16. The first-order valence-corrected chi connectivity index (χ1v) is 11.2. The Bertz CT molecular complexity index is 902. The number of carbonyl (C=O) groups excluding carboxylic acids is 3. The lowest BCUT2D eigenvalue weighted by Crippen LogP contribution is -2.71. The molecule has 166 valence electrons. The molecule has 3 heterocycles. The Labute approximate surface area is 184 Å². The van der Waals surface area contributed by atoms with Crippen LogP contribution >= 0.6 is 11.8 Å². The molecular weight excluding hydrogens is 420 g/mol. The van der Waals surface area contributed by atoms with Gasteiger partial charge in [-0.25, -0.2) is 4.79 Å². The predicted octanol–water partition coefficient (Wildman–Crippen LogP) is 0.228. The highest BCUT2D eigenvalue weighted by Crippen LogP contribution is 2.50. The van der Waals surface area contributed by atoms with Crippen molar-refractivity contribution < 1.29 is 24.3 Å². The number of carboxylic acid groups (broad SMARTS) is 1. The average molecular weight is 447 g/mol. The number of thioether (sulfide) groups is 1. The molecule has 9 nitrogen and oxygen atoms in total. The fraction of sp³-hybridized carbons (Fsp3) is 0.524. The fourth-order valence-corrected chi connectivity index (χ4v) is 6.10. The van der Waals surface area contributed by atoms with Gasteiger partial charge in [0.25, 0.3) is 0 Å². The van der Waals surface area contributed by atoms with Crippen LogP contribution in [0.1, 0.15) is 38.3 Å². The quantitative estimate of drug-likeness (QED) is 0.461. The Morgan fingerprint density at radius 3 is 2.58 bits per heavy atom. The number of carboxylic acids is 1. The number of hydrogen-bond donors (Lipinski definition) is 4. The number of benzene rings is 1. The van der Waals surface area contributed by atoms with Crippen LogP contribution in [0.3, 0.4) is 0 Å². The van der Waals surface area contributed by atoms with Crippen molar-refractivity contribution in [2.24, 2.45) is 0 Å². The van der Waals surface area contributed by atoms with E-state index in [1.807, 2.05) is 6.07 Å². The Morgan fingerprint density at radius 2 is 1.97 bits per heavy atom. The van der Waals surface area contributed by atoms with E-state index < -0.39 is 46.0 Å². The Morgan fingerprint density at radius 1 is 1.26 bits per heavy atom. The lowest BCUT2D eigenvalue weighted by Gasteiger charge is -2.44. The van der Waals surface area contributed by atoms with Gasteiger partial charge in [-0.1, -0.05) is 30.3 Å². The maximum absolute atomic E-state index is 13.2. The molecule has 1 aromatic rings. The third-order valence-electron chi connectivity index (χ3n) is 6.03. The number of carbonyl (C=O) groups is 4. The van der Waals surface area contributed by atoms with E-state index in [9.17, 15) is 24.3 Å². The Hall–Kier alpha value is -2.59. The van der Waals surface area contributed by atoms with Gasteiger partial charge in [-0.2, -0.15) is 0 Å². The summed E-state index contributed by atoms with van der Waals surface area (Å²) in [4.78, 5) is 51.5. The van der Waals surface area contributed by atoms with E-state index in [-0.39, 0.29) is 11.9 Å². The van der Waals surface area contributed by atoms with E-state index in [1.165, 1.54) is 16.7 Å². The summed E-state index contributed by atoms with van der Waals surface area (Å²) in [7, 11) is 0. The minimum Gasteiger partial charge on any atom is -0.480 e. The highest BCUT2D eigenvalue weighted by molar-refractivity contribution is 8.01. The zero-order valence-corrected chi connectivity index (χ0v) is 18.1. The van der Waals surface area contributed by atoms with E-state index in [2.05, 4.69) is 16.0 Å². The van der Waals surface area contributed by atoms with Gasteiger partial charge in [0.1, 0.15) is 23.5 Å². The molecule has 0 aromatic heterocycles. The molecule has 3 amide bonds. The molecule has 4 N–H and O–H groups in total. The summed E-state index contributed by atoms with van der Waals surface area (Å²) in [5, 5.41) is 17.8. The first kappa shape index (κ1) is 21.6. The van der Waals surface area contributed by atoms with Crippen LogP contribution in [0, 0.1) is 0 Å². The topological polar surface area (TPSA) is 128 Å². The monoisotopic (exact) mass is 446 g/mol. The van der Waals surface area contributed by atoms with E-state index in [0.717, 1.165) is 13.0 Å². The largest absolute Gasteiger partial charge is 0.480 e. The summed E-state index contributed by atoms with van der Waals surface area (Å²) in [6.45, 7) is 4.32. The van der Waals surface area contributed by atoms with E-state index in [0.29, 0.717) is 12.0 Å². The van der Waals surface area contributed by atoms with Gasteiger partial charge in [-0.05, 0) is 38.8 Å². The molecule has 0 spiro atoms. The molecule has 4 rings (SSSR count). The number of β-lactam (4-membered cyclic amide) rings is 1. The van der Waals surface area contributed by atoms with Gasteiger partial charge in [0.15, 0.2) is 0 Å². The second-order valence-corrected chi connectivity index (χ2v) is 10.4. The molecule has 3 fully saturated rings. The number of rotatable bonds is 6. The smallest absolute Gasteiger partial charge is 0.327 e. The van der Waals surface area contributed by atoms with Gasteiger partial charge < -0.3 is 26.0 Å². The lowest BCUT2D eigenvalue weighted by molar-refractivity contribution is -0.161. The number of fused-ring (bicyclic) bond motifs is 1. The molecule has 3 aliphatic heterocycles. The molecular formula is C21H26N4O5S. The molecule has 3 aliphatic rings. The van der Waals surface area contributed by atoms with E-state index in [4.69, 9.17) is 0 Å². The summed E-state index contributed by atoms with van der Waals surface area (Å²) in [6.07, 6.45) is 1.60. The first-order chi connectivity index (χ1) is 14.7. The summed E-state index contributed by atoms with van der Waals surface area (Å²) in [5.74, 6) is -2.23. The number of nitrogens with zero attached hydrogens (tertiary/aromatic N) is 1. The third kappa shape index (κ3) is 3.89. The van der Waals surface area contributed by atoms with Crippen molar-refractivity contribution >= 4 is 35.5 Å². The van der Waals surface area contributed by atoms with Crippen LogP contribution in [0.2, 0.25) is 0 Å². The van der Waals surface area contributed by atoms with Gasteiger partial charge in [0.2, 0.25) is 17.7 Å². The van der Waals surface area contributed by atoms with Crippen molar-refractivity contribution in [3.63, 3.8) is 0 Å². The molecule has 3 saturated heterocycles. The molecule has 0 bridgehead atoms. The first-order valence-electron chi connectivity index (χ1n) is 10.3. The fourth-order valence-electron chi connectivity index (χ4n) is 4.48. The number of hydrogen-bond acceptors (Lipinski definition) is 6. The molecule has 1 aromatic carbocycles. The molecule has 0 saturated carbocycles. The van der Waals surface area contributed by atoms with Crippen LogP contribution in [0.25, 0.3) is 0 Å². The van der Waals surface area contributed by atoms with Crippen LogP contribution in [-0.2, 0) is 19.2 Å². The molecule has 1 unspecified atom stereocenters. The van der Waals surface area contributed by atoms with Crippen molar-refractivity contribution in [2.75, 3.05) is 6.54 Å².